The zero-order valence-electron chi connectivity index (χ0n) is 78.8. The van der Waals surface area contributed by atoms with Crippen LogP contribution in [0.4, 0.5) is 0 Å². The summed E-state index contributed by atoms with van der Waals surface area (Å²) in [5.41, 5.74) is 6.14. The Morgan fingerprint density at radius 3 is 0.993 bits per heavy atom. The lowest BCUT2D eigenvalue weighted by atomic mass is 9.88. The Kier molecular flexibility index (Phi) is 42.0. The van der Waals surface area contributed by atoms with E-state index in [9.17, 15) is 24.0 Å². The smallest absolute Gasteiger partial charge is 0.220 e. The Hall–Kier alpha value is -6.80. The molecule has 4 amide bonds. The number of amides is 4. The van der Waals surface area contributed by atoms with Crippen molar-refractivity contribution in [3.8, 4) is 0 Å². The monoisotopic (exact) mass is 1910 g/mol. The molecule has 15 atom stereocenters. The number of unbranched alkanes of at least 4 members (excludes halogenated alkanes) is 5. The minimum atomic E-state index is -1.29. The third-order valence-electron chi connectivity index (χ3n) is 23.2. The first kappa shape index (κ1) is 106. The van der Waals surface area contributed by atoms with Crippen LogP contribution in [0.1, 0.15) is 144 Å². The van der Waals surface area contributed by atoms with Gasteiger partial charge in [-0.2, -0.15) is 0 Å². The van der Waals surface area contributed by atoms with Gasteiger partial charge < -0.3 is 149 Å². The predicted octanol–water partition coefficient (Wildman–Crippen LogP) is 1.70. The van der Waals surface area contributed by atoms with E-state index in [2.05, 4.69) is 62.2 Å². The maximum atomic E-state index is 14.3. The van der Waals surface area contributed by atoms with Gasteiger partial charge in [0, 0.05) is 51.5 Å². The van der Waals surface area contributed by atoms with Crippen molar-refractivity contribution in [2.45, 2.75) is 279 Å². The third kappa shape index (κ3) is 32.7. The molecule has 0 radical (unpaired) electrons. The van der Waals surface area contributed by atoms with Crippen LogP contribution in [0.25, 0.3) is 10.4 Å². The molecule has 0 saturated carbocycles. The highest BCUT2D eigenvalue weighted by molar-refractivity contribution is 5.78. The largest absolute Gasteiger partial charge is 0.377 e. The average molecular weight is 1910 g/mol. The van der Waals surface area contributed by atoms with E-state index in [1.807, 2.05) is 41.5 Å². The molecule has 48 nitrogen and oxygen atoms in total. The molecule has 9 aliphatic rings. The lowest BCUT2D eigenvalue weighted by Crippen LogP contribution is -2.65. The average Bonchev–Trinajstić information content (AvgIpc) is 1.58. The number of nitrogens with one attached hydrogen (secondary N) is 4. The van der Waals surface area contributed by atoms with Gasteiger partial charge in [-0.05, 0) is 72.8 Å². The lowest BCUT2D eigenvalue weighted by molar-refractivity contribution is -0.214. The van der Waals surface area contributed by atoms with Crippen LogP contribution in [0.5, 0.6) is 0 Å². The van der Waals surface area contributed by atoms with E-state index in [-0.39, 0.29) is 115 Å². The molecule has 134 heavy (non-hydrogen) atoms. The summed E-state index contributed by atoms with van der Waals surface area (Å²) in [7, 11) is 0. The summed E-state index contributed by atoms with van der Waals surface area (Å²) in [6.45, 7) is 24.7. The van der Waals surface area contributed by atoms with Crippen LogP contribution in [0, 0.1) is 0 Å². The summed E-state index contributed by atoms with van der Waals surface area (Å²) in [5, 5.41) is 41.5. The highest BCUT2D eigenvalue weighted by atomic mass is 16.8. The van der Waals surface area contributed by atoms with Gasteiger partial charge in [0.15, 0.2) is 36.2 Å². The van der Waals surface area contributed by atoms with E-state index in [4.69, 9.17) is 133 Å². The molecular weight excluding hydrogens is 1770 g/mol. The van der Waals surface area contributed by atoms with Gasteiger partial charge in [0.25, 0.3) is 0 Å². The number of carbonyl (C=O) groups is 5. The predicted molar refractivity (Wildman–Crippen MR) is 460 cm³/mol. The van der Waals surface area contributed by atoms with E-state index in [0.29, 0.717) is 208 Å². The molecule has 9 fully saturated rings. The van der Waals surface area contributed by atoms with Crippen LogP contribution in [-0.2, 0) is 191 Å². The van der Waals surface area contributed by atoms with Crippen LogP contribution < -0.4 is 21.3 Å². The second-order valence-electron chi connectivity index (χ2n) is 35.9. The van der Waals surface area contributed by atoms with E-state index in [1.54, 1.807) is 32.6 Å². The van der Waals surface area contributed by atoms with Crippen LogP contribution in [0.15, 0.2) is 23.7 Å². The molecule has 12 rings (SSSR count). The van der Waals surface area contributed by atoms with Gasteiger partial charge in [0.05, 0.1) is 256 Å². The second kappa shape index (κ2) is 53.0. The molecule has 0 unspecified atom stereocenters. The lowest BCUT2D eigenvalue weighted by Gasteiger charge is -2.42. The Balaban J connectivity index is 0.568. The summed E-state index contributed by atoms with van der Waals surface area (Å²) < 4.78 is 169. The molecule has 0 aromatic carbocycles. The molecule has 3 aromatic heterocycles. The Bertz CT molecular complexity index is 3750. The maximum Gasteiger partial charge on any atom is 0.220 e. The fourth-order valence-corrected chi connectivity index (χ4v) is 17.2. The number of rotatable bonds is 71. The van der Waals surface area contributed by atoms with Gasteiger partial charge in [-0.15, -0.1) is 15.3 Å². The van der Waals surface area contributed by atoms with Gasteiger partial charge in [0.2, 0.25) is 23.6 Å². The molecule has 0 spiro atoms. The summed E-state index contributed by atoms with van der Waals surface area (Å²) in [6, 6.07) is -1.57. The highest BCUT2D eigenvalue weighted by Crippen LogP contribution is 2.50. The molecule has 756 valence electrons. The van der Waals surface area contributed by atoms with Crippen LogP contribution >= 0.6 is 0 Å². The second-order valence-corrected chi connectivity index (χ2v) is 35.9. The van der Waals surface area contributed by atoms with Gasteiger partial charge in [0.1, 0.15) is 100.0 Å². The van der Waals surface area contributed by atoms with Crippen molar-refractivity contribution >= 4 is 29.4 Å². The topological polar surface area (TPSA) is 524 Å². The maximum absolute atomic E-state index is 14.3. The Morgan fingerprint density at radius 1 is 0.396 bits per heavy atom. The molecular formula is C86H140N16O32. The number of fused-ring (bicyclic) bond motifs is 12. The van der Waals surface area contributed by atoms with E-state index >= 15 is 0 Å². The quantitative estimate of drug-likeness (QED) is 0.0270. The number of Topliss-reactive ketones (excluding diaryl/α,β-unsaturated/α-hetero) is 1. The van der Waals surface area contributed by atoms with Crippen LogP contribution in [-0.4, -0.2) is 392 Å². The zero-order chi connectivity index (χ0) is 94.7. The van der Waals surface area contributed by atoms with Crippen molar-refractivity contribution in [3.05, 3.63) is 46.1 Å². The fourth-order valence-electron chi connectivity index (χ4n) is 17.2. The third-order valence-corrected chi connectivity index (χ3v) is 23.2. The Morgan fingerprint density at radius 2 is 0.687 bits per heavy atom. The molecule has 4 N–H and O–H groups in total. The molecule has 12 heterocycles. The van der Waals surface area contributed by atoms with Crippen LogP contribution in [0.3, 0.4) is 0 Å². The van der Waals surface area contributed by atoms with Gasteiger partial charge in [-0.1, -0.05) is 40.0 Å². The number of ketones is 1. The first-order valence-corrected chi connectivity index (χ1v) is 46.7. The molecule has 9 aliphatic heterocycles. The molecule has 9 saturated heterocycles. The zero-order valence-corrected chi connectivity index (χ0v) is 78.8. The molecule has 0 aliphatic carbocycles. The first-order chi connectivity index (χ1) is 64.7. The Labute approximate surface area is 779 Å². The normalized spacial score (nSPS) is 27.1. The fraction of sp³-hybridized carbons (Fsp3) is 0.872. The van der Waals surface area contributed by atoms with Crippen molar-refractivity contribution < 1.29 is 152 Å². The van der Waals surface area contributed by atoms with Gasteiger partial charge >= 0.3 is 0 Å². The van der Waals surface area contributed by atoms with Gasteiger partial charge in [-0.25, -0.2) is 14.0 Å². The number of ether oxygens (including phenoxy) is 27. The number of aromatic nitrogens is 9. The number of azide groups is 1. The van der Waals surface area contributed by atoms with E-state index in [1.165, 1.54) is 20.8 Å². The van der Waals surface area contributed by atoms with Crippen LogP contribution in [0.2, 0.25) is 0 Å². The van der Waals surface area contributed by atoms with Crippen molar-refractivity contribution in [2.75, 3.05) is 205 Å². The summed E-state index contributed by atoms with van der Waals surface area (Å²) in [4.78, 5) is 65.8. The highest BCUT2D eigenvalue weighted by Gasteiger charge is 2.69. The summed E-state index contributed by atoms with van der Waals surface area (Å²) >= 11 is 0. The summed E-state index contributed by atoms with van der Waals surface area (Å²) in [5.74, 6) is -3.37. The van der Waals surface area contributed by atoms with Crippen molar-refractivity contribution in [1.82, 2.24) is 66.2 Å². The molecule has 6 bridgehead atoms. The number of carbonyl (C=O) groups excluding carboxylic acids is 5. The minimum absolute atomic E-state index is 0.00695. The van der Waals surface area contributed by atoms with Crippen molar-refractivity contribution in [2.24, 2.45) is 5.11 Å². The van der Waals surface area contributed by atoms with Crippen molar-refractivity contribution in [3.63, 3.8) is 0 Å². The van der Waals surface area contributed by atoms with Crippen molar-refractivity contribution in [1.29, 1.82) is 0 Å². The first-order valence-electron chi connectivity index (χ1n) is 46.7. The summed E-state index contributed by atoms with van der Waals surface area (Å²) in [6.07, 6.45) is 6.38. The SMILES string of the molecule is CC(=O)N[C@H]1[C@H]2OC[C@](COCCOCCOCCOCCn3cc(COCC(COCc4cn(CCOCCOCCOCCOC[C@@]56CO[C@@H](O5)[C@H](NC(C)=O)[C@H]5OC(C)(C)O[C@H]56)nn4)(COCc4cn(CCOCCOCCOCCOC[C@@]56CO[C@@H](O5)[C@H](NC(C)=O)[C@H]5OC(C)(C)O[C@H]56)nn4)NC(=O)CCCCCCC(=O)CCCCCN=[N+]=[N-])nn3)(O2)[C@@H]2OC(C)(C)O[C@H]12. The standard InChI is InChI=1S/C86H140N16O32/c1-60(103)89-68-71-74(129-80(4,5)126-71)84(57-123-77(68)132-84)54-117-42-39-114-36-33-111-30-27-108-24-21-100-45-63(93-97-100)48-120-51-83(92-67(107)19-15-11-10-13-17-66(106)18-14-12-16-20-88-96-87,52-121-49-64-46-101(98-94-64)22-25-109-28-31-112-34-37-115-40-43-118-55-85-58-124-78(133-85)69(90-61(2)104)72-75(85)130-81(6,7)127-72)53-122-50-65-47-102(99-95-65)23-26-110-29-32-113-35-38-116-41-44-119-56-86-59-125-79(134-86)70(91-62(3)105)73-76(86)131-82(8,9)128-73/h45-47,68-79H,10-44,48-59H2,1-9H3,(H,89,103)(H,90,104)(H,91,105)(H,92,107)/t68-,69-,70-,71-,72-,73-,74-,75-,76-,77+,78+,79+,84+,85+,86+/m1/s1. The van der Waals surface area contributed by atoms with E-state index in [0.717, 1.165) is 32.1 Å². The van der Waals surface area contributed by atoms with Gasteiger partial charge in [-0.3, -0.25) is 24.0 Å². The molecule has 3 aromatic rings. The number of hydrogen-bond acceptors (Lipinski definition) is 39. The van der Waals surface area contributed by atoms with E-state index < -0.39 is 113 Å². The molecule has 48 heteroatoms. The number of hydrogen-bond donors (Lipinski definition) is 4. The number of nitrogens with zero attached hydrogens (tertiary/aromatic N) is 12. The minimum Gasteiger partial charge on any atom is -0.377 e.